The lowest BCUT2D eigenvalue weighted by atomic mass is 10.0. The van der Waals surface area contributed by atoms with E-state index in [2.05, 4.69) is 10.1 Å². The molecule has 2 aliphatic rings. The predicted octanol–water partition coefficient (Wildman–Crippen LogP) is 0.465. The molecular formula is C9H17N3O. The summed E-state index contributed by atoms with van der Waals surface area (Å²) >= 11 is 0. The smallest absolute Gasteiger partial charge is 0.153 e. The Morgan fingerprint density at radius 2 is 2.15 bits per heavy atom. The number of hydrogen-bond donors (Lipinski definition) is 2. The van der Waals surface area contributed by atoms with E-state index >= 15 is 0 Å². The number of nitrogens with zero attached hydrogens (tertiary/aromatic N) is 2. The molecule has 1 heterocycles. The Balaban J connectivity index is 1.77. The molecule has 1 saturated carbocycles. The van der Waals surface area contributed by atoms with Crippen LogP contribution in [0.15, 0.2) is 5.16 Å². The zero-order valence-corrected chi connectivity index (χ0v) is 7.82. The van der Waals surface area contributed by atoms with Crippen LogP contribution in [0.25, 0.3) is 0 Å². The first-order chi connectivity index (χ1) is 6.29. The highest BCUT2D eigenvalue weighted by Gasteiger charge is 2.35. The summed E-state index contributed by atoms with van der Waals surface area (Å²) in [5, 5.41) is 11.4. The first-order valence-corrected chi connectivity index (χ1v) is 4.98. The van der Waals surface area contributed by atoms with Crippen LogP contribution in [0.3, 0.4) is 0 Å². The highest BCUT2D eigenvalue weighted by Crippen LogP contribution is 2.41. The minimum Gasteiger partial charge on any atom is -0.409 e. The Labute approximate surface area is 78.4 Å². The average molecular weight is 183 g/mol. The van der Waals surface area contributed by atoms with Crippen LogP contribution in [-0.2, 0) is 0 Å². The van der Waals surface area contributed by atoms with E-state index in [1.807, 2.05) is 0 Å². The monoisotopic (exact) mass is 183 g/mol. The van der Waals surface area contributed by atoms with E-state index in [0.717, 1.165) is 24.9 Å². The zero-order valence-electron chi connectivity index (χ0n) is 7.82. The Morgan fingerprint density at radius 1 is 1.38 bits per heavy atom. The van der Waals surface area contributed by atoms with Crippen molar-refractivity contribution in [1.82, 2.24) is 4.90 Å². The topological polar surface area (TPSA) is 61.8 Å². The van der Waals surface area contributed by atoms with Gasteiger partial charge in [0.2, 0.25) is 0 Å². The molecule has 13 heavy (non-hydrogen) atoms. The minimum absolute atomic E-state index is 0.330. The molecule has 1 aliphatic carbocycles. The van der Waals surface area contributed by atoms with Gasteiger partial charge in [0.25, 0.3) is 0 Å². The molecule has 1 atom stereocenters. The number of amidine groups is 1. The number of nitrogens with two attached hydrogens (primary N) is 1. The minimum atomic E-state index is 0.330. The van der Waals surface area contributed by atoms with Crippen molar-refractivity contribution in [3.63, 3.8) is 0 Å². The molecular weight excluding hydrogens is 166 g/mol. The molecule has 74 valence electrons. The van der Waals surface area contributed by atoms with Crippen LogP contribution in [-0.4, -0.2) is 35.6 Å². The van der Waals surface area contributed by atoms with Gasteiger partial charge in [-0.25, -0.2) is 0 Å². The third-order valence-electron chi connectivity index (χ3n) is 3.11. The molecule has 2 rings (SSSR count). The van der Waals surface area contributed by atoms with Gasteiger partial charge in [0.15, 0.2) is 5.84 Å². The van der Waals surface area contributed by atoms with Crippen molar-refractivity contribution in [3.05, 3.63) is 0 Å². The van der Waals surface area contributed by atoms with Crippen molar-refractivity contribution in [2.24, 2.45) is 22.7 Å². The summed E-state index contributed by atoms with van der Waals surface area (Å²) in [6, 6.07) is 0. The van der Waals surface area contributed by atoms with Crippen LogP contribution in [0.1, 0.15) is 19.3 Å². The maximum Gasteiger partial charge on any atom is 0.153 e. The third-order valence-corrected chi connectivity index (χ3v) is 3.11. The van der Waals surface area contributed by atoms with Gasteiger partial charge in [0, 0.05) is 6.54 Å². The molecule has 4 heteroatoms. The fraction of sp³-hybridized carbons (Fsp3) is 0.889. The standard InChI is InChI=1S/C9H17N3O/c10-9(11-13)6-12-4-3-8(5-12)7-1-2-7/h7-8,13H,1-6H2,(H2,10,11). The lowest BCUT2D eigenvalue weighted by Crippen LogP contribution is -2.32. The highest BCUT2D eigenvalue weighted by atomic mass is 16.4. The molecule has 0 amide bonds. The fourth-order valence-electron chi connectivity index (χ4n) is 2.22. The Morgan fingerprint density at radius 3 is 2.77 bits per heavy atom. The number of oxime groups is 1. The summed E-state index contributed by atoms with van der Waals surface area (Å²) < 4.78 is 0. The molecule has 0 aromatic heterocycles. The molecule has 2 fully saturated rings. The van der Waals surface area contributed by atoms with Crippen molar-refractivity contribution < 1.29 is 5.21 Å². The largest absolute Gasteiger partial charge is 0.409 e. The van der Waals surface area contributed by atoms with Crippen molar-refractivity contribution in [2.75, 3.05) is 19.6 Å². The highest BCUT2D eigenvalue weighted by molar-refractivity contribution is 5.81. The third kappa shape index (κ3) is 2.12. The summed E-state index contributed by atoms with van der Waals surface area (Å²) in [7, 11) is 0. The van der Waals surface area contributed by atoms with Crippen molar-refractivity contribution in [3.8, 4) is 0 Å². The normalized spacial score (nSPS) is 31.1. The van der Waals surface area contributed by atoms with E-state index < -0.39 is 0 Å². The number of rotatable bonds is 3. The lowest BCUT2D eigenvalue weighted by Gasteiger charge is -2.14. The summed E-state index contributed by atoms with van der Waals surface area (Å²) in [5.41, 5.74) is 5.45. The van der Waals surface area contributed by atoms with Gasteiger partial charge < -0.3 is 10.9 Å². The molecule has 0 aromatic carbocycles. The Bertz CT molecular complexity index is 213. The van der Waals surface area contributed by atoms with Gasteiger partial charge in [-0.15, -0.1) is 0 Å². The first-order valence-electron chi connectivity index (χ1n) is 4.98. The molecule has 1 unspecified atom stereocenters. The van der Waals surface area contributed by atoms with Crippen LogP contribution < -0.4 is 5.73 Å². The van der Waals surface area contributed by atoms with E-state index in [9.17, 15) is 0 Å². The average Bonchev–Trinajstić information content (AvgIpc) is 2.88. The van der Waals surface area contributed by atoms with E-state index in [0.29, 0.717) is 12.4 Å². The molecule has 0 radical (unpaired) electrons. The van der Waals surface area contributed by atoms with E-state index in [1.165, 1.54) is 19.3 Å². The maximum absolute atomic E-state index is 8.42. The summed E-state index contributed by atoms with van der Waals surface area (Å²) in [4.78, 5) is 2.28. The van der Waals surface area contributed by atoms with Gasteiger partial charge in [-0.3, -0.25) is 4.90 Å². The summed E-state index contributed by atoms with van der Waals surface area (Å²) in [6.07, 6.45) is 4.13. The van der Waals surface area contributed by atoms with Gasteiger partial charge in [-0.05, 0) is 37.6 Å². The molecule has 0 aromatic rings. The van der Waals surface area contributed by atoms with Crippen LogP contribution in [0, 0.1) is 11.8 Å². The van der Waals surface area contributed by atoms with Crippen molar-refractivity contribution in [1.29, 1.82) is 0 Å². The maximum atomic E-state index is 8.42. The molecule has 1 saturated heterocycles. The number of hydrogen-bond acceptors (Lipinski definition) is 3. The Kier molecular flexibility index (Phi) is 2.40. The molecule has 3 N–H and O–H groups in total. The first kappa shape index (κ1) is 8.81. The van der Waals surface area contributed by atoms with Crippen LogP contribution in [0.5, 0.6) is 0 Å². The lowest BCUT2D eigenvalue weighted by molar-refractivity contribution is 0.307. The van der Waals surface area contributed by atoms with E-state index in [4.69, 9.17) is 10.9 Å². The fourth-order valence-corrected chi connectivity index (χ4v) is 2.22. The number of likely N-dealkylation sites (tertiary alicyclic amines) is 1. The molecule has 4 nitrogen and oxygen atoms in total. The second-order valence-electron chi connectivity index (χ2n) is 4.21. The molecule has 1 aliphatic heterocycles. The Hall–Kier alpha value is -0.770. The van der Waals surface area contributed by atoms with Crippen LogP contribution in [0.2, 0.25) is 0 Å². The summed E-state index contributed by atoms with van der Waals surface area (Å²) in [5.74, 6) is 2.19. The van der Waals surface area contributed by atoms with E-state index in [1.54, 1.807) is 0 Å². The summed E-state index contributed by atoms with van der Waals surface area (Å²) in [6.45, 7) is 2.87. The zero-order chi connectivity index (χ0) is 9.26. The van der Waals surface area contributed by atoms with Crippen LogP contribution in [0.4, 0.5) is 0 Å². The van der Waals surface area contributed by atoms with Gasteiger partial charge in [0.1, 0.15) is 0 Å². The van der Waals surface area contributed by atoms with E-state index in [-0.39, 0.29) is 0 Å². The van der Waals surface area contributed by atoms with Crippen molar-refractivity contribution >= 4 is 5.84 Å². The van der Waals surface area contributed by atoms with Gasteiger partial charge in [-0.1, -0.05) is 5.16 Å². The van der Waals surface area contributed by atoms with Gasteiger partial charge >= 0.3 is 0 Å². The SMILES string of the molecule is N/C(CN1CCC(C2CC2)C1)=N\O. The van der Waals surface area contributed by atoms with Gasteiger partial charge in [-0.2, -0.15) is 0 Å². The quantitative estimate of drug-likeness (QED) is 0.289. The van der Waals surface area contributed by atoms with Gasteiger partial charge in [0.05, 0.1) is 6.54 Å². The second-order valence-corrected chi connectivity index (χ2v) is 4.21. The van der Waals surface area contributed by atoms with Crippen LogP contribution >= 0.6 is 0 Å². The second kappa shape index (κ2) is 3.54. The van der Waals surface area contributed by atoms with Crippen molar-refractivity contribution in [2.45, 2.75) is 19.3 Å². The molecule has 0 bridgehead atoms. The molecule has 0 spiro atoms. The predicted molar refractivity (Wildman–Crippen MR) is 50.7 cm³/mol.